The van der Waals surface area contributed by atoms with Gasteiger partial charge in [-0.1, -0.05) is 24.4 Å². The lowest BCUT2D eigenvalue weighted by atomic mass is 10.1. The van der Waals surface area contributed by atoms with Gasteiger partial charge < -0.3 is 24.0 Å². The zero-order valence-corrected chi connectivity index (χ0v) is 16.5. The van der Waals surface area contributed by atoms with Gasteiger partial charge in [0.2, 0.25) is 0 Å². The highest BCUT2D eigenvalue weighted by Crippen LogP contribution is 2.35. The van der Waals surface area contributed by atoms with Crippen LogP contribution in [0.1, 0.15) is 5.56 Å². The number of thiocarbonyl (C=S) groups is 1. The molecule has 0 atom stereocenters. The first-order valence-corrected chi connectivity index (χ1v) is 9.08. The summed E-state index contributed by atoms with van der Waals surface area (Å²) in [4.78, 5) is 4.83. The van der Waals surface area contributed by atoms with Crippen molar-refractivity contribution in [3.05, 3.63) is 47.8 Å². The van der Waals surface area contributed by atoms with Crippen molar-refractivity contribution in [1.29, 1.82) is 0 Å². The van der Waals surface area contributed by atoms with Gasteiger partial charge in [-0.2, -0.15) is 0 Å². The first kappa shape index (κ1) is 19.2. The topological polar surface area (TPSA) is 34.2 Å². The molecule has 3 rings (SSSR count). The maximum atomic E-state index is 14.0. The fourth-order valence-electron chi connectivity index (χ4n) is 3.23. The average molecular weight is 390 g/mol. The van der Waals surface area contributed by atoms with Crippen molar-refractivity contribution in [1.82, 2.24) is 4.90 Å². The standard InChI is InChI=1S/C20H23FN2O3S/c1-24-17-13-19(26-3)18(25-2)12-14(17)20(27)23-10-8-22(9-11-23)16-7-5-4-6-15(16)21/h4-7,12-13H,8-11H2,1-3H3. The highest BCUT2D eigenvalue weighted by Gasteiger charge is 2.24. The van der Waals surface area contributed by atoms with E-state index in [1.54, 1.807) is 39.5 Å². The van der Waals surface area contributed by atoms with Crippen LogP contribution >= 0.6 is 12.2 Å². The zero-order chi connectivity index (χ0) is 19.4. The smallest absolute Gasteiger partial charge is 0.164 e. The number of rotatable bonds is 5. The molecule has 1 aliphatic rings. The Morgan fingerprint density at radius 3 is 2.07 bits per heavy atom. The monoisotopic (exact) mass is 390 g/mol. The third-order valence-electron chi connectivity index (χ3n) is 4.70. The summed E-state index contributed by atoms with van der Waals surface area (Å²) in [5, 5.41) is 0. The molecule has 144 valence electrons. The highest BCUT2D eigenvalue weighted by atomic mass is 32.1. The van der Waals surface area contributed by atoms with Crippen LogP contribution in [0.5, 0.6) is 17.2 Å². The van der Waals surface area contributed by atoms with Crippen LogP contribution in [-0.4, -0.2) is 57.4 Å². The lowest BCUT2D eigenvalue weighted by Gasteiger charge is -2.37. The Morgan fingerprint density at radius 2 is 1.48 bits per heavy atom. The van der Waals surface area contributed by atoms with E-state index in [-0.39, 0.29) is 5.82 Å². The molecule has 0 spiro atoms. The van der Waals surface area contributed by atoms with Gasteiger partial charge in [0.25, 0.3) is 0 Å². The van der Waals surface area contributed by atoms with Crippen molar-refractivity contribution in [3.63, 3.8) is 0 Å². The molecule has 0 amide bonds. The second kappa shape index (κ2) is 8.43. The van der Waals surface area contributed by atoms with Gasteiger partial charge in [-0.3, -0.25) is 0 Å². The number of para-hydroxylation sites is 1. The van der Waals surface area contributed by atoms with Crippen LogP contribution in [0, 0.1) is 5.82 Å². The summed E-state index contributed by atoms with van der Waals surface area (Å²) in [6.45, 7) is 2.78. The molecule has 27 heavy (non-hydrogen) atoms. The first-order valence-electron chi connectivity index (χ1n) is 8.67. The van der Waals surface area contributed by atoms with Crippen LogP contribution in [0.15, 0.2) is 36.4 Å². The van der Waals surface area contributed by atoms with E-state index < -0.39 is 0 Å². The lowest BCUT2D eigenvalue weighted by Crippen LogP contribution is -2.48. The molecule has 0 bridgehead atoms. The molecule has 0 saturated carbocycles. The van der Waals surface area contributed by atoms with Gasteiger partial charge in [0, 0.05) is 32.2 Å². The van der Waals surface area contributed by atoms with Gasteiger partial charge in [0.1, 0.15) is 16.6 Å². The van der Waals surface area contributed by atoms with Crippen molar-refractivity contribution in [3.8, 4) is 17.2 Å². The van der Waals surface area contributed by atoms with E-state index in [9.17, 15) is 4.39 Å². The molecule has 0 aromatic heterocycles. The van der Waals surface area contributed by atoms with Crippen LogP contribution in [0.2, 0.25) is 0 Å². The normalized spacial score (nSPS) is 14.1. The molecule has 0 unspecified atom stereocenters. The number of halogens is 1. The molecular formula is C20H23FN2O3S. The summed E-state index contributed by atoms with van der Waals surface area (Å²) in [5.74, 6) is 1.62. The minimum absolute atomic E-state index is 0.199. The number of nitrogens with zero attached hydrogens (tertiary/aromatic N) is 2. The van der Waals surface area contributed by atoms with E-state index >= 15 is 0 Å². The maximum Gasteiger partial charge on any atom is 0.164 e. The van der Waals surface area contributed by atoms with E-state index in [0.29, 0.717) is 54.1 Å². The van der Waals surface area contributed by atoms with E-state index in [1.807, 2.05) is 17.0 Å². The molecule has 1 aliphatic heterocycles. The number of anilines is 1. The highest BCUT2D eigenvalue weighted by molar-refractivity contribution is 7.80. The third-order valence-corrected chi connectivity index (χ3v) is 5.17. The van der Waals surface area contributed by atoms with Crippen LogP contribution in [-0.2, 0) is 0 Å². The van der Waals surface area contributed by atoms with Crippen LogP contribution in [0.4, 0.5) is 10.1 Å². The van der Waals surface area contributed by atoms with Gasteiger partial charge in [0.05, 0.1) is 32.6 Å². The van der Waals surface area contributed by atoms with E-state index in [1.165, 1.54) is 6.07 Å². The summed E-state index contributed by atoms with van der Waals surface area (Å²) in [5.41, 5.74) is 1.41. The Bertz CT molecular complexity index is 823. The largest absolute Gasteiger partial charge is 0.496 e. The van der Waals surface area contributed by atoms with E-state index in [2.05, 4.69) is 4.90 Å². The Balaban J connectivity index is 1.77. The van der Waals surface area contributed by atoms with E-state index in [0.717, 1.165) is 5.56 Å². The molecule has 1 heterocycles. The minimum atomic E-state index is -0.199. The van der Waals surface area contributed by atoms with Crippen LogP contribution in [0.25, 0.3) is 0 Å². The third kappa shape index (κ3) is 3.93. The van der Waals surface area contributed by atoms with Crippen molar-refractivity contribution in [2.24, 2.45) is 0 Å². The maximum absolute atomic E-state index is 14.0. The van der Waals surface area contributed by atoms with Crippen LogP contribution < -0.4 is 19.1 Å². The Morgan fingerprint density at radius 1 is 0.889 bits per heavy atom. The van der Waals surface area contributed by atoms with Crippen molar-refractivity contribution < 1.29 is 18.6 Å². The Kier molecular flexibility index (Phi) is 6.01. The van der Waals surface area contributed by atoms with Gasteiger partial charge >= 0.3 is 0 Å². The molecular weight excluding hydrogens is 367 g/mol. The van der Waals surface area contributed by atoms with Crippen LogP contribution in [0.3, 0.4) is 0 Å². The zero-order valence-electron chi connectivity index (χ0n) is 15.7. The number of piperazine rings is 1. The fourth-order valence-corrected chi connectivity index (χ4v) is 3.57. The summed E-state index contributed by atoms with van der Waals surface area (Å²) < 4.78 is 30.2. The number of benzene rings is 2. The first-order chi connectivity index (χ1) is 13.1. The fraction of sp³-hybridized carbons (Fsp3) is 0.350. The number of methoxy groups -OCH3 is 3. The lowest BCUT2D eigenvalue weighted by molar-refractivity contribution is 0.347. The van der Waals surface area contributed by atoms with E-state index in [4.69, 9.17) is 26.4 Å². The Hall–Kier alpha value is -2.54. The van der Waals surface area contributed by atoms with Crippen molar-refractivity contribution in [2.45, 2.75) is 0 Å². The molecule has 0 N–H and O–H groups in total. The molecule has 0 radical (unpaired) electrons. The second-order valence-electron chi connectivity index (χ2n) is 6.14. The second-order valence-corrected chi connectivity index (χ2v) is 6.52. The molecule has 5 nitrogen and oxygen atoms in total. The minimum Gasteiger partial charge on any atom is -0.496 e. The van der Waals surface area contributed by atoms with Gasteiger partial charge in [0.15, 0.2) is 11.5 Å². The summed E-state index contributed by atoms with van der Waals surface area (Å²) in [6.07, 6.45) is 0. The van der Waals surface area contributed by atoms with Gasteiger partial charge in [-0.25, -0.2) is 4.39 Å². The summed E-state index contributed by atoms with van der Waals surface area (Å²) in [6, 6.07) is 10.5. The number of hydrogen-bond acceptors (Lipinski definition) is 5. The van der Waals surface area contributed by atoms with Gasteiger partial charge in [-0.05, 0) is 18.2 Å². The molecule has 1 saturated heterocycles. The van der Waals surface area contributed by atoms with Gasteiger partial charge in [-0.15, -0.1) is 0 Å². The summed E-state index contributed by atoms with van der Waals surface area (Å²) in [7, 11) is 4.77. The number of hydrogen-bond donors (Lipinski definition) is 0. The number of ether oxygens (including phenoxy) is 3. The Labute approximate surface area is 164 Å². The predicted octanol–water partition coefficient (Wildman–Crippen LogP) is 3.35. The SMILES string of the molecule is COc1cc(OC)c(C(=S)N2CCN(c3ccccc3F)CC2)cc1OC. The molecule has 0 aliphatic carbocycles. The summed E-state index contributed by atoms with van der Waals surface area (Å²) >= 11 is 5.72. The average Bonchev–Trinajstić information content (AvgIpc) is 2.72. The quantitative estimate of drug-likeness (QED) is 0.729. The molecule has 2 aromatic carbocycles. The molecule has 1 fully saturated rings. The molecule has 7 heteroatoms. The predicted molar refractivity (Wildman–Crippen MR) is 108 cm³/mol. The van der Waals surface area contributed by atoms with Crippen molar-refractivity contribution in [2.75, 3.05) is 52.4 Å². The van der Waals surface area contributed by atoms with Crippen molar-refractivity contribution >= 4 is 22.9 Å². The molecule has 2 aromatic rings.